The molecule has 7 heteroatoms. The largest absolute Gasteiger partial charge is 0.337 e. The summed E-state index contributed by atoms with van der Waals surface area (Å²) in [7, 11) is 0. The van der Waals surface area contributed by atoms with E-state index < -0.39 is 5.54 Å². The number of hydrogen-bond donors (Lipinski definition) is 1. The topological polar surface area (TPSA) is 66.6 Å². The molecule has 2 N–H and O–H groups in total. The van der Waals surface area contributed by atoms with Crippen LogP contribution in [0.5, 0.6) is 0 Å². The fourth-order valence-corrected chi connectivity index (χ4v) is 3.12. The molecule has 3 rings (SSSR count). The first-order valence-electron chi connectivity index (χ1n) is 8.58. The van der Waals surface area contributed by atoms with E-state index in [4.69, 9.17) is 5.73 Å². The summed E-state index contributed by atoms with van der Waals surface area (Å²) in [6, 6.07) is 14.8. The molecule has 0 radical (unpaired) electrons. The molecule has 2 aromatic rings. The Balaban J connectivity index is 0.00000261. The van der Waals surface area contributed by atoms with Crippen molar-refractivity contribution < 1.29 is 14.0 Å². The lowest BCUT2D eigenvalue weighted by Crippen LogP contribution is -2.57. The summed E-state index contributed by atoms with van der Waals surface area (Å²) >= 11 is 0. The normalized spacial score (nSPS) is 16.3. The standard InChI is InChI=1S/C20H22FN3O2.ClH/c1-20(22,16-5-3-2-4-6-16)19(26)24-13-11-23(12-14-24)18(25)15-7-9-17(21)10-8-15;/h2-10H,11-14,22H2,1H3;1H. The second-order valence-electron chi connectivity index (χ2n) is 6.66. The smallest absolute Gasteiger partial charge is 0.253 e. The van der Waals surface area contributed by atoms with Crippen molar-refractivity contribution in [3.05, 3.63) is 71.5 Å². The van der Waals surface area contributed by atoms with Crippen LogP contribution in [0.4, 0.5) is 4.39 Å². The van der Waals surface area contributed by atoms with Crippen molar-refractivity contribution in [2.24, 2.45) is 5.73 Å². The second kappa shape index (κ2) is 8.50. The van der Waals surface area contributed by atoms with Crippen LogP contribution in [-0.4, -0.2) is 47.8 Å². The first-order chi connectivity index (χ1) is 12.4. The molecule has 0 aromatic heterocycles. The van der Waals surface area contributed by atoms with Crippen LogP contribution in [0.15, 0.2) is 54.6 Å². The molecule has 1 fully saturated rings. The molecule has 1 saturated heterocycles. The van der Waals surface area contributed by atoms with Crippen LogP contribution in [0.3, 0.4) is 0 Å². The lowest BCUT2D eigenvalue weighted by molar-refractivity contribution is -0.138. The summed E-state index contributed by atoms with van der Waals surface area (Å²) in [5.41, 5.74) is 6.40. The molecule has 2 amide bonds. The van der Waals surface area contributed by atoms with Crippen LogP contribution in [0.1, 0.15) is 22.8 Å². The van der Waals surface area contributed by atoms with E-state index in [1.54, 1.807) is 16.7 Å². The van der Waals surface area contributed by atoms with Gasteiger partial charge >= 0.3 is 0 Å². The Kier molecular flexibility index (Phi) is 6.57. The Bertz CT molecular complexity index is 789. The average Bonchev–Trinajstić information content (AvgIpc) is 2.68. The second-order valence-corrected chi connectivity index (χ2v) is 6.66. The highest BCUT2D eigenvalue weighted by Gasteiger charge is 2.36. The monoisotopic (exact) mass is 391 g/mol. The summed E-state index contributed by atoms with van der Waals surface area (Å²) in [6.45, 7) is 3.40. The molecule has 144 valence electrons. The number of carbonyl (C=O) groups is 2. The van der Waals surface area contributed by atoms with E-state index in [1.807, 2.05) is 30.3 Å². The minimum absolute atomic E-state index is 0. The van der Waals surface area contributed by atoms with Crippen molar-refractivity contribution >= 4 is 24.2 Å². The molecule has 0 spiro atoms. The molecule has 27 heavy (non-hydrogen) atoms. The Morgan fingerprint density at radius 3 is 2.00 bits per heavy atom. The molecular formula is C20H23ClFN3O2. The Hall–Kier alpha value is -2.44. The number of nitrogens with zero attached hydrogens (tertiary/aromatic N) is 2. The molecule has 1 aliphatic heterocycles. The SMILES string of the molecule is CC(N)(C(=O)N1CCN(C(=O)c2ccc(F)cc2)CC1)c1ccccc1.Cl. The van der Waals surface area contributed by atoms with Gasteiger partial charge in [-0.1, -0.05) is 30.3 Å². The van der Waals surface area contributed by atoms with Gasteiger partial charge in [0.15, 0.2) is 0 Å². The summed E-state index contributed by atoms with van der Waals surface area (Å²) in [4.78, 5) is 28.7. The quantitative estimate of drug-likeness (QED) is 0.873. The molecule has 0 aliphatic carbocycles. The third-order valence-electron chi connectivity index (χ3n) is 4.76. The van der Waals surface area contributed by atoms with Gasteiger partial charge in [-0.15, -0.1) is 12.4 Å². The van der Waals surface area contributed by atoms with Crippen molar-refractivity contribution in [2.45, 2.75) is 12.5 Å². The highest BCUT2D eigenvalue weighted by molar-refractivity contribution is 5.94. The molecule has 1 unspecified atom stereocenters. The van der Waals surface area contributed by atoms with Gasteiger partial charge in [0.05, 0.1) is 0 Å². The fourth-order valence-electron chi connectivity index (χ4n) is 3.12. The van der Waals surface area contributed by atoms with Gasteiger partial charge in [0.1, 0.15) is 11.4 Å². The number of benzene rings is 2. The third kappa shape index (κ3) is 4.46. The summed E-state index contributed by atoms with van der Waals surface area (Å²) in [6.07, 6.45) is 0. The number of piperazine rings is 1. The predicted octanol–water partition coefficient (Wildman–Crippen LogP) is 2.41. The van der Waals surface area contributed by atoms with Gasteiger partial charge in [0.2, 0.25) is 5.91 Å². The molecule has 0 saturated carbocycles. The summed E-state index contributed by atoms with van der Waals surface area (Å²) in [5.74, 6) is -0.687. The summed E-state index contributed by atoms with van der Waals surface area (Å²) in [5, 5.41) is 0. The van der Waals surface area contributed by atoms with Crippen LogP contribution >= 0.6 is 12.4 Å². The van der Waals surface area contributed by atoms with E-state index in [0.717, 1.165) is 5.56 Å². The molecule has 1 heterocycles. The van der Waals surface area contributed by atoms with Crippen molar-refractivity contribution in [1.29, 1.82) is 0 Å². The Morgan fingerprint density at radius 1 is 0.926 bits per heavy atom. The maximum Gasteiger partial charge on any atom is 0.253 e. The zero-order valence-corrected chi connectivity index (χ0v) is 15.9. The summed E-state index contributed by atoms with van der Waals surface area (Å²) < 4.78 is 13.0. The molecule has 5 nitrogen and oxygen atoms in total. The first kappa shape index (κ1) is 20.9. The Labute approximate surface area is 164 Å². The average molecular weight is 392 g/mol. The van der Waals surface area contributed by atoms with E-state index in [2.05, 4.69) is 0 Å². The lowest BCUT2D eigenvalue weighted by Gasteiger charge is -2.38. The van der Waals surface area contributed by atoms with Crippen LogP contribution in [0, 0.1) is 5.82 Å². The Morgan fingerprint density at radius 2 is 1.44 bits per heavy atom. The number of halogens is 2. The van der Waals surface area contributed by atoms with Gasteiger partial charge in [-0.2, -0.15) is 0 Å². The highest BCUT2D eigenvalue weighted by Crippen LogP contribution is 2.21. The number of carbonyl (C=O) groups excluding carboxylic acids is 2. The molecule has 1 aliphatic rings. The van der Waals surface area contributed by atoms with Gasteiger partial charge in [-0.3, -0.25) is 9.59 Å². The van der Waals surface area contributed by atoms with Crippen LogP contribution < -0.4 is 5.73 Å². The number of nitrogens with two attached hydrogens (primary N) is 1. The predicted molar refractivity (Wildman–Crippen MR) is 104 cm³/mol. The zero-order valence-electron chi connectivity index (χ0n) is 15.1. The van der Waals surface area contributed by atoms with E-state index in [9.17, 15) is 14.0 Å². The number of rotatable bonds is 3. The van der Waals surface area contributed by atoms with Crippen molar-refractivity contribution in [1.82, 2.24) is 9.80 Å². The first-order valence-corrected chi connectivity index (χ1v) is 8.58. The van der Waals surface area contributed by atoms with Crippen LogP contribution in [-0.2, 0) is 10.3 Å². The molecule has 2 aromatic carbocycles. The van der Waals surface area contributed by atoms with E-state index in [0.29, 0.717) is 31.7 Å². The maximum atomic E-state index is 13.0. The van der Waals surface area contributed by atoms with Crippen LogP contribution in [0.2, 0.25) is 0 Å². The van der Waals surface area contributed by atoms with Gasteiger partial charge < -0.3 is 15.5 Å². The molecular weight excluding hydrogens is 369 g/mol. The van der Waals surface area contributed by atoms with Gasteiger partial charge in [0, 0.05) is 31.7 Å². The van der Waals surface area contributed by atoms with E-state index in [-0.39, 0.29) is 30.0 Å². The maximum absolute atomic E-state index is 13.0. The van der Waals surface area contributed by atoms with E-state index >= 15 is 0 Å². The lowest BCUT2D eigenvalue weighted by atomic mass is 9.91. The minimum atomic E-state index is -1.11. The molecule has 0 bridgehead atoms. The van der Waals surface area contributed by atoms with Gasteiger partial charge in [0.25, 0.3) is 5.91 Å². The third-order valence-corrected chi connectivity index (χ3v) is 4.76. The molecule has 1 atom stereocenters. The van der Waals surface area contributed by atoms with Crippen LogP contribution in [0.25, 0.3) is 0 Å². The highest BCUT2D eigenvalue weighted by atomic mass is 35.5. The number of amides is 2. The van der Waals surface area contributed by atoms with Crippen molar-refractivity contribution in [3.8, 4) is 0 Å². The van der Waals surface area contributed by atoms with Crippen molar-refractivity contribution in [3.63, 3.8) is 0 Å². The van der Waals surface area contributed by atoms with Gasteiger partial charge in [-0.05, 0) is 36.8 Å². The minimum Gasteiger partial charge on any atom is -0.337 e. The number of hydrogen-bond acceptors (Lipinski definition) is 3. The fraction of sp³-hybridized carbons (Fsp3) is 0.300. The van der Waals surface area contributed by atoms with E-state index in [1.165, 1.54) is 24.3 Å². The van der Waals surface area contributed by atoms with Gasteiger partial charge in [-0.25, -0.2) is 4.39 Å². The zero-order chi connectivity index (χ0) is 18.7. The van der Waals surface area contributed by atoms with Crippen molar-refractivity contribution in [2.75, 3.05) is 26.2 Å².